The number of nitrogens with zero attached hydrogens (tertiary/aromatic N) is 2. The molecular weight excluding hydrogens is 256 g/mol. The summed E-state index contributed by atoms with van der Waals surface area (Å²) in [7, 11) is 1.60. The average Bonchev–Trinajstić information content (AvgIpc) is 2.80. The summed E-state index contributed by atoms with van der Waals surface area (Å²) in [5.41, 5.74) is 2.56. The van der Waals surface area contributed by atoms with Gasteiger partial charge >= 0.3 is 0 Å². The van der Waals surface area contributed by atoms with E-state index >= 15 is 0 Å². The lowest BCUT2D eigenvalue weighted by Gasteiger charge is -2.29. The van der Waals surface area contributed by atoms with Crippen LogP contribution in [0.4, 0.5) is 0 Å². The van der Waals surface area contributed by atoms with Crippen LogP contribution >= 0.6 is 0 Å². The third-order valence-electron chi connectivity index (χ3n) is 3.85. The lowest BCUT2D eigenvalue weighted by Crippen LogP contribution is -2.28. The molecule has 0 spiro atoms. The van der Waals surface area contributed by atoms with E-state index in [2.05, 4.69) is 0 Å². The zero-order chi connectivity index (χ0) is 13.9. The minimum Gasteiger partial charge on any atom is -0.497 e. The Hall–Kier alpha value is -2.53. The summed E-state index contributed by atoms with van der Waals surface area (Å²) in [4.78, 5) is 12.2. The second-order valence-corrected chi connectivity index (χ2v) is 4.86. The number of carbonyl (C=O) groups excluding carboxylic acids is 1. The molecule has 1 aromatic carbocycles. The number of ether oxygens (including phenoxy) is 1. The average molecular weight is 268 g/mol. The Bertz CT molecular complexity index is 801. The molecule has 1 aromatic heterocycles. The van der Waals surface area contributed by atoms with Gasteiger partial charge in [-0.15, -0.1) is 0 Å². The van der Waals surface area contributed by atoms with Crippen molar-refractivity contribution in [1.29, 1.82) is 0 Å². The van der Waals surface area contributed by atoms with Gasteiger partial charge in [0.2, 0.25) is 0 Å². The van der Waals surface area contributed by atoms with E-state index in [-0.39, 0.29) is 11.9 Å². The monoisotopic (exact) mass is 268 g/mol. The van der Waals surface area contributed by atoms with E-state index in [1.165, 1.54) is 6.08 Å². The highest BCUT2D eigenvalue weighted by Crippen LogP contribution is 2.40. The number of carbonyl (C=O) groups is 1. The van der Waals surface area contributed by atoms with Crippen molar-refractivity contribution in [2.45, 2.75) is 6.04 Å². The SMILES string of the molecule is COc1ccc2c3c4n(c2c1)C(=O)C=CC4N(O)C=C3. The first-order valence-corrected chi connectivity index (χ1v) is 6.31. The van der Waals surface area contributed by atoms with E-state index in [0.29, 0.717) is 5.75 Å². The number of fused-ring (bicyclic) bond motifs is 3. The van der Waals surface area contributed by atoms with Crippen LogP contribution in [0.5, 0.6) is 5.75 Å². The van der Waals surface area contributed by atoms with Crippen LogP contribution in [-0.4, -0.2) is 27.9 Å². The summed E-state index contributed by atoms with van der Waals surface area (Å²) in [6.45, 7) is 0. The lowest BCUT2D eigenvalue weighted by atomic mass is 10.0. The van der Waals surface area contributed by atoms with Crippen molar-refractivity contribution in [2.24, 2.45) is 0 Å². The predicted octanol–water partition coefficient (Wildman–Crippen LogP) is 2.58. The fraction of sp³-hybridized carbons (Fsp3) is 0.133. The van der Waals surface area contributed by atoms with E-state index < -0.39 is 0 Å². The molecule has 0 bridgehead atoms. The third-order valence-corrected chi connectivity index (χ3v) is 3.85. The highest BCUT2D eigenvalue weighted by Gasteiger charge is 2.32. The normalized spacial score (nSPS) is 19.6. The Morgan fingerprint density at radius 3 is 2.95 bits per heavy atom. The van der Waals surface area contributed by atoms with E-state index in [9.17, 15) is 10.0 Å². The first kappa shape index (κ1) is 11.3. The predicted molar refractivity (Wildman–Crippen MR) is 73.7 cm³/mol. The molecule has 2 aromatic rings. The number of hydrogen-bond donors (Lipinski definition) is 1. The van der Waals surface area contributed by atoms with Crippen LogP contribution < -0.4 is 4.74 Å². The molecule has 1 N–H and O–H groups in total. The largest absolute Gasteiger partial charge is 0.497 e. The minimum absolute atomic E-state index is 0.107. The maximum atomic E-state index is 12.2. The molecule has 1 atom stereocenters. The topological polar surface area (TPSA) is 54.7 Å². The van der Waals surface area contributed by atoms with Gasteiger partial charge in [0.15, 0.2) is 0 Å². The van der Waals surface area contributed by atoms with Crippen molar-refractivity contribution in [1.82, 2.24) is 9.63 Å². The molecule has 5 heteroatoms. The quantitative estimate of drug-likeness (QED) is 0.863. The van der Waals surface area contributed by atoms with Gasteiger partial charge < -0.3 is 4.74 Å². The Kier molecular flexibility index (Phi) is 2.11. The maximum absolute atomic E-state index is 12.2. The van der Waals surface area contributed by atoms with Crippen molar-refractivity contribution in [3.63, 3.8) is 0 Å². The van der Waals surface area contributed by atoms with Gasteiger partial charge in [-0.3, -0.25) is 19.6 Å². The summed E-state index contributed by atoms with van der Waals surface area (Å²) < 4.78 is 6.88. The molecular formula is C15H12N2O3. The van der Waals surface area contributed by atoms with E-state index in [0.717, 1.165) is 27.2 Å². The maximum Gasteiger partial charge on any atom is 0.255 e. The van der Waals surface area contributed by atoms with Crippen molar-refractivity contribution >= 4 is 22.9 Å². The van der Waals surface area contributed by atoms with Crippen LogP contribution in [-0.2, 0) is 0 Å². The Labute approximate surface area is 114 Å². The summed E-state index contributed by atoms with van der Waals surface area (Å²) in [6, 6.07) is 5.33. The lowest BCUT2D eigenvalue weighted by molar-refractivity contribution is -0.0682. The van der Waals surface area contributed by atoms with Crippen molar-refractivity contribution in [3.05, 3.63) is 47.8 Å². The number of aromatic nitrogens is 1. The van der Waals surface area contributed by atoms with Crippen LogP contribution in [0, 0.1) is 0 Å². The van der Waals surface area contributed by atoms with Crippen molar-refractivity contribution < 1.29 is 14.7 Å². The number of benzene rings is 1. The summed E-state index contributed by atoms with van der Waals surface area (Å²) in [5.74, 6) is 0.594. The Morgan fingerprint density at radius 1 is 1.30 bits per heavy atom. The summed E-state index contributed by atoms with van der Waals surface area (Å²) in [6.07, 6.45) is 6.63. The zero-order valence-corrected chi connectivity index (χ0v) is 10.8. The molecule has 0 fully saturated rings. The number of hydrogen-bond acceptors (Lipinski definition) is 4. The molecule has 5 nitrogen and oxygen atoms in total. The number of allylic oxidation sites excluding steroid dienone is 1. The van der Waals surface area contributed by atoms with Gasteiger partial charge in [0.05, 0.1) is 18.3 Å². The minimum atomic E-state index is -0.328. The fourth-order valence-electron chi connectivity index (χ4n) is 2.94. The molecule has 0 saturated heterocycles. The van der Waals surface area contributed by atoms with Crippen LogP contribution in [0.15, 0.2) is 36.6 Å². The van der Waals surface area contributed by atoms with E-state index in [4.69, 9.17) is 4.74 Å². The molecule has 0 saturated carbocycles. The van der Waals surface area contributed by atoms with Crippen LogP contribution in [0.25, 0.3) is 17.0 Å². The van der Waals surface area contributed by atoms with Gasteiger partial charge in [0.25, 0.3) is 5.91 Å². The highest BCUT2D eigenvalue weighted by molar-refractivity contribution is 6.04. The molecule has 100 valence electrons. The first-order valence-electron chi connectivity index (χ1n) is 6.31. The fourth-order valence-corrected chi connectivity index (χ4v) is 2.94. The molecule has 20 heavy (non-hydrogen) atoms. The van der Waals surface area contributed by atoms with Gasteiger partial charge in [0, 0.05) is 29.3 Å². The molecule has 0 radical (unpaired) electrons. The summed E-state index contributed by atoms with van der Waals surface area (Å²) in [5, 5.41) is 12.0. The van der Waals surface area contributed by atoms with E-state index in [1.807, 2.05) is 24.3 Å². The van der Waals surface area contributed by atoms with E-state index in [1.54, 1.807) is 24.0 Å². The molecule has 0 amide bonds. The van der Waals surface area contributed by atoms with Gasteiger partial charge in [-0.05, 0) is 24.3 Å². The molecule has 2 aliphatic heterocycles. The molecule has 4 rings (SSSR count). The standard InChI is InChI=1S/C15H12N2O3/c1-20-9-2-3-10-11-6-7-16(19)12-4-5-14(18)17(15(11)12)13(10)8-9/h2-8,12,19H,1H3. The van der Waals surface area contributed by atoms with Crippen molar-refractivity contribution in [2.75, 3.05) is 7.11 Å². The summed E-state index contributed by atoms with van der Waals surface area (Å²) >= 11 is 0. The highest BCUT2D eigenvalue weighted by atomic mass is 16.5. The molecule has 3 heterocycles. The second kappa shape index (κ2) is 3.74. The van der Waals surface area contributed by atoms with Gasteiger partial charge in [-0.2, -0.15) is 0 Å². The Balaban J connectivity index is 2.14. The number of methoxy groups -OCH3 is 1. The number of hydroxylamine groups is 2. The third kappa shape index (κ3) is 1.27. The van der Waals surface area contributed by atoms with Gasteiger partial charge in [0.1, 0.15) is 11.8 Å². The van der Waals surface area contributed by atoms with Gasteiger partial charge in [-0.1, -0.05) is 0 Å². The smallest absolute Gasteiger partial charge is 0.255 e. The molecule has 0 aliphatic carbocycles. The van der Waals surface area contributed by atoms with Gasteiger partial charge in [-0.25, -0.2) is 0 Å². The van der Waals surface area contributed by atoms with Crippen LogP contribution in [0.3, 0.4) is 0 Å². The van der Waals surface area contributed by atoms with Crippen molar-refractivity contribution in [3.8, 4) is 5.75 Å². The Morgan fingerprint density at radius 2 is 2.15 bits per heavy atom. The zero-order valence-electron chi connectivity index (χ0n) is 10.8. The van der Waals surface area contributed by atoms with Crippen LogP contribution in [0.1, 0.15) is 22.1 Å². The van der Waals surface area contributed by atoms with Crippen LogP contribution in [0.2, 0.25) is 0 Å². The second-order valence-electron chi connectivity index (χ2n) is 4.86. The molecule has 1 unspecified atom stereocenters. The molecule has 2 aliphatic rings. The number of rotatable bonds is 1. The first-order chi connectivity index (χ1) is 9.70.